The first-order chi connectivity index (χ1) is 7.85. The molecule has 1 aromatic heterocycles. The van der Waals surface area contributed by atoms with E-state index in [9.17, 15) is 18.4 Å². The fourth-order valence-electron chi connectivity index (χ4n) is 0.979. The highest BCUT2D eigenvalue weighted by molar-refractivity contribution is 5.92. The van der Waals surface area contributed by atoms with Gasteiger partial charge in [0.05, 0.1) is 6.54 Å². The summed E-state index contributed by atoms with van der Waals surface area (Å²) in [5, 5.41) is 13.8. The van der Waals surface area contributed by atoms with Crippen LogP contribution in [-0.2, 0) is 7.05 Å². The van der Waals surface area contributed by atoms with E-state index in [1.54, 1.807) is 0 Å². The highest BCUT2D eigenvalue weighted by Gasteiger charge is 2.28. The van der Waals surface area contributed by atoms with E-state index in [1.165, 1.54) is 7.05 Å². The molecule has 0 fully saturated rings. The molecule has 2 N–H and O–H groups in total. The van der Waals surface area contributed by atoms with E-state index in [0.29, 0.717) is 0 Å². The van der Waals surface area contributed by atoms with Crippen molar-refractivity contribution in [2.24, 2.45) is 7.05 Å². The van der Waals surface area contributed by atoms with Gasteiger partial charge in [0.2, 0.25) is 0 Å². The zero-order chi connectivity index (χ0) is 13.1. The Bertz CT molecular complexity index is 473. The number of aliphatic hydroxyl groups is 1. The number of alkyl halides is 2. The van der Waals surface area contributed by atoms with Gasteiger partial charge in [-0.05, 0) is 6.07 Å². The molecule has 8 heteroatoms. The Hall–Kier alpha value is -1.83. The zero-order valence-electron chi connectivity index (χ0n) is 8.98. The first-order valence-corrected chi connectivity index (χ1v) is 4.67. The summed E-state index contributed by atoms with van der Waals surface area (Å²) in [4.78, 5) is 22.3. The Morgan fingerprint density at radius 3 is 2.76 bits per heavy atom. The lowest BCUT2D eigenvalue weighted by Crippen LogP contribution is -2.39. The lowest BCUT2D eigenvalue weighted by atomic mass is 10.3. The lowest BCUT2D eigenvalue weighted by molar-refractivity contribution is -0.0462. The van der Waals surface area contributed by atoms with Crippen LogP contribution in [0.2, 0.25) is 0 Å². The Kier molecular flexibility index (Phi) is 3.89. The number of amides is 1. The summed E-state index contributed by atoms with van der Waals surface area (Å²) in [5.74, 6) is -4.22. The number of aryl methyl sites for hydroxylation is 1. The predicted molar refractivity (Wildman–Crippen MR) is 53.8 cm³/mol. The van der Waals surface area contributed by atoms with Crippen LogP contribution in [0.25, 0.3) is 0 Å². The van der Waals surface area contributed by atoms with Gasteiger partial charge in [-0.15, -0.1) is 0 Å². The van der Waals surface area contributed by atoms with Crippen molar-refractivity contribution in [2.75, 3.05) is 13.2 Å². The minimum atomic E-state index is -3.38. The Morgan fingerprint density at radius 1 is 1.59 bits per heavy atom. The van der Waals surface area contributed by atoms with Crippen molar-refractivity contribution in [1.29, 1.82) is 0 Å². The minimum absolute atomic E-state index is 0.152. The molecular formula is C9H11F2N3O3. The summed E-state index contributed by atoms with van der Waals surface area (Å²) >= 11 is 0. The van der Waals surface area contributed by atoms with Crippen molar-refractivity contribution in [3.63, 3.8) is 0 Å². The van der Waals surface area contributed by atoms with Crippen molar-refractivity contribution in [3.8, 4) is 0 Å². The van der Waals surface area contributed by atoms with Crippen LogP contribution in [0, 0.1) is 0 Å². The highest BCUT2D eigenvalue weighted by Crippen LogP contribution is 2.09. The van der Waals surface area contributed by atoms with Gasteiger partial charge in [-0.3, -0.25) is 9.59 Å². The largest absolute Gasteiger partial charge is 0.390 e. The fraction of sp³-hybridized carbons (Fsp3) is 0.444. The van der Waals surface area contributed by atoms with E-state index in [0.717, 1.165) is 16.8 Å². The summed E-state index contributed by atoms with van der Waals surface area (Å²) in [6, 6.07) is 2.24. The summed E-state index contributed by atoms with van der Waals surface area (Å²) in [7, 11) is 1.33. The van der Waals surface area contributed by atoms with E-state index >= 15 is 0 Å². The molecule has 0 saturated carbocycles. The number of aromatic nitrogens is 2. The Labute approximate surface area is 94.9 Å². The molecule has 0 unspecified atom stereocenters. The number of nitrogens with one attached hydrogen (secondary N) is 1. The van der Waals surface area contributed by atoms with E-state index in [1.807, 2.05) is 5.32 Å². The van der Waals surface area contributed by atoms with Gasteiger partial charge in [0.15, 0.2) is 0 Å². The number of rotatable bonds is 4. The highest BCUT2D eigenvalue weighted by atomic mass is 19.3. The SMILES string of the molecule is Cn1nc(C(=O)NCC(F)(F)CO)ccc1=O. The van der Waals surface area contributed by atoms with E-state index in [2.05, 4.69) is 5.10 Å². The van der Waals surface area contributed by atoms with Crippen LogP contribution in [0.5, 0.6) is 0 Å². The molecular weight excluding hydrogens is 236 g/mol. The second-order valence-electron chi connectivity index (χ2n) is 3.38. The number of nitrogens with zero attached hydrogens (tertiary/aromatic N) is 2. The number of carbonyl (C=O) groups excluding carboxylic acids is 1. The Morgan fingerprint density at radius 2 is 2.24 bits per heavy atom. The zero-order valence-corrected chi connectivity index (χ0v) is 8.98. The maximum atomic E-state index is 12.6. The number of hydrogen-bond donors (Lipinski definition) is 2. The first kappa shape index (κ1) is 13.2. The van der Waals surface area contributed by atoms with Gasteiger partial charge in [0, 0.05) is 13.1 Å². The molecule has 0 atom stereocenters. The number of hydrogen-bond acceptors (Lipinski definition) is 4. The Balaban J connectivity index is 2.71. The number of carbonyl (C=O) groups is 1. The third kappa shape index (κ3) is 3.59. The van der Waals surface area contributed by atoms with Crippen molar-refractivity contribution in [3.05, 3.63) is 28.2 Å². The molecule has 1 heterocycles. The fourth-order valence-corrected chi connectivity index (χ4v) is 0.979. The minimum Gasteiger partial charge on any atom is -0.390 e. The van der Waals surface area contributed by atoms with Gasteiger partial charge in [-0.1, -0.05) is 0 Å². The van der Waals surface area contributed by atoms with E-state index in [-0.39, 0.29) is 5.69 Å². The summed E-state index contributed by atoms with van der Waals surface area (Å²) in [6.45, 7) is -2.35. The quantitative estimate of drug-likeness (QED) is 0.725. The van der Waals surface area contributed by atoms with Gasteiger partial charge >= 0.3 is 0 Å². The van der Waals surface area contributed by atoms with Crippen molar-refractivity contribution >= 4 is 5.91 Å². The molecule has 0 aliphatic rings. The number of halogens is 2. The van der Waals surface area contributed by atoms with Crippen LogP contribution in [0.3, 0.4) is 0 Å². The van der Waals surface area contributed by atoms with Gasteiger partial charge in [-0.2, -0.15) is 5.10 Å². The van der Waals surface area contributed by atoms with Gasteiger partial charge < -0.3 is 10.4 Å². The molecule has 1 aromatic rings. The first-order valence-electron chi connectivity index (χ1n) is 4.67. The number of aliphatic hydroxyl groups excluding tert-OH is 1. The molecule has 17 heavy (non-hydrogen) atoms. The van der Waals surface area contributed by atoms with Crippen molar-refractivity contribution in [2.45, 2.75) is 5.92 Å². The molecule has 0 radical (unpaired) electrons. The molecule has 6 nitrogen and oxygen atoms in total. The van der Waals surface area contributed by atoms with Crippen molar-refractivity contribution in [1.82, 2.24) is 15.1 Å². The van der Waals surface area contributed by atoms with Crippen LogP contribution >= 0.6 is 0 Å². The van der Waals surface area contributed by atoms with Crippen LogP contribution < -0.4 is 10.9 Å². The van der Waals surface area contributed by atoms with Gasteiger partial charge in [0.25, 0.3) is 17.4 Å². The van der Waals surface area contributed by atoms with Gasteiger partial charge in [-0.25, -0.2) is 13.5 Å². The third-order valence-corrected chi connectivity index (χ3v) is 1.93. The molecule has 0 aromatic carbocycles. The average Bonchev–Trinajstić information content (AvgIpc) is 2.30. The van der Waals surface area contributed by atoms with Crippen LogP contribution in [0.1, 0.15) is 10.5 Å². The molecule has 0 aliphatic carbocycles. The average molecular weight is 247 g/mol. The second-order valence-corrected chi connectivity index (χ2v) is 3.38. The molecule has 0 spiro atoms. The summed E-state index contributed by atoms with van der Waals surface area (Å²) < 4.78 is 26.2. The monoisotopic (exact) mass is 247 g/mol. The van der Waals surface area contributed by atoms with Crippen LogP contribution in [-0.4, -0.2) is 39.9 Å². The molecule has 0 saturated heterocycles. The van der Waals surface area contributed by atoms with E-state index < -0.39 is 30.5 Å². The maximum absolute atomic E-state index is 12.6. The maximum Gasteiger partial charge on any atom is 0.287 e. The van der Waals surface area contributed by atoms with Crippen LogP contribution in [0.4, 0.5) is 8.78 Å². The standard InChI is InChI=1S/C9H11F2N3O3/c1-14-7(16)3-2-6(13-14)8(17)12-4-9(10,11)5-15/h2-3,15H,4-5H2,1H3,(H,12,17). The normalized spacial score (nSPS) is 11.3. The summed E-state index contributed by atoms with van der Waals surface area (Å²) in [5.41, 5.74) is -0.567. The molecule has 1 rings (SSSR count). The lowest BCUT2D eigenvalue weighted by Gasteiger charge is -2.13. The second kappa shape index (κ2) is 5.00. The molecule has 0 aliphatic heterocycles. The molecule has 0 bridgehead atoms. The molecule has 94 valence electrons. The van der Waals surface area contributed by atoms with Crippen molar-refractivity contribution < 1.29 is 18.7 Å². The van der Waals surface area contributed by atoms with E-state index in [4.69, 9.17) is 5.11 Å². The smallest absolute Gasteiger partial charge is 0.287 e. The molecule has 1 amide bonds. The van der Waals surface area contributed by atoms with Crippen LogP contribution in [0.15, 0.2) is 16.9 Å². The topological polar surface area (TPSA) is 84.2 Å². The third-order valence-electron chi connectivity index (χ3n) is 1.93. The predicted octanol–water partition coefficient (Wildman–Crippen LogP) is -0.862. The summed E-state index contributed by atoms with van der Waals surface area (Å²) in [6.07, 6.45) is 0. The van der Waals surface area contributed by atoms with Gasteiger partial charge in [0.1, 0.15) is 12.3 Å².